The Morgan fingerprint density at radius 1 is 1.39 bits per heavy atom. The normalized spacial score (nSPS) is 22.0. The lowest BCUT2D eigenvalue weighted by atomic mass is 10.2. The molecule has 0 aromatic carbocycles. The molecule has 0 bridgehead atoms. The van der Waals surface area contributed by atoms with Gasteiger partial charge in [-0.15, -0.1) is 0 Å². The van der Waals surface area contributed by atoms with E-state index in [0.29, 0.717) is 12.2 Å². The molecule has 4 nitrogen and oxygen atoms in total. The smallest absolute Gasteiger partial charge is 0.166 e. The standard InChI is InChI=1S/C12H23NO3S2/c1-3-18(15,16)12-10-17-9-8-13(12)7-5-4-6-11(2)14/h12H,3-10H2,1-2H3. The van der Waals surface area contributed by atoms with Gasteiger partial charge in [-0.05, 0) is 26.3 Å². The van der Waals surface area contributed by atoms with E-state index >= 15 is 0 Å². The third-order valence-electron chi connectivity index (χ3n) is 3.23. The molecule has 106 valence electrons. The first-order chi connectivity index (χ1) is 8.47. The number of hydrogen-bond acceptors (Lipinski definition) is 5. The van der Waals surface area contributed by atoms with Crippen LogP contribution in [0.2, 0.25) is 0 Å². The van der Waals surface area contributed by atoms with E-state index in [1.54, 1.807) is 25.6 Å². The highest BCUT2D eigenvalue weighted by atomic mass is 32.2. The summed E-state index contributed by atoms with van der Waals surface area (Å²) in [6.45, 7) is 4.94. The molecule has 0 aliphatic carbocycles. The van der Waals surface area contributed by atoms with Crippen LogP contribution in [-0.4, -0.2) is 54.8 Å². The average molecular weight is 293 g/mol. The van der Waals surface area contributed by atoms with Crippen molar-refractivity contribution in [2.75, 3.05) is 30.3 Å². The van der Waals surface area contributed by atoms with Crippen molar-refractivity contribution in [1.29, 1.82) is 0 Å². The van der Waals surface area contributed by atoms with Crippen LogP contribution < -0.4 is 0 Å². The maximum atomic E-state index is 12.0. The minimum atomic E-state index is -2.99. The summed E-state index contributed by atoms with van der Waals surface area (Å²) in [6.07, 6.45) is 2.37. The van der Waals surface area contributed by atoms with Crippen molar-refractivity contribution in [1.82, 2.24) is 4.90 Å². The van der Waals surface area contributed by atoms with Crippen LogP contribution >= 0.6 is 11.8 Å². The molecule has 0 N–H and O–H groups in total. The predicted octanol–water partition coefficient (Wildman–Crippen LogP) is 1.56. The largest absolute Gasteiger partial charge is 0.300 e. The Bertz CT molecular complexity index is 368. The van der Waals surface area contributed by atoms with Gasteiger partial charge >= 0.3 is 0 Å². The van der Waals surface area contributed by atoms with E-state index in [1.807, 2.05) is 0 Å². The van der Waals surface area contributed by atoms with Crippen LogP contribution in [0.3, 0.4) is 0 Å². The van der Waals surface area contributed by atoms with Crippen LogP contribution in [0, 0.1) is 0 Å². The first kappa shape index (κ1) is 16.0. The van der Waals surface area contributed by atoms with Crippen molar-refractivity contribution < 1.29 is 13.2 Å². The van der Waals surface area contributed by atoms with Gasteiger partial charge in [-0.3, -0.25) is 4.90 Å². The fraction of sp³-hybridized carbons (Fsp3) is 0.917. The van der Waals surface area contributed by atoms with E-state index in [2.05, 4.69) is 4.90 Å². The molecule has 1 rings (SSSR count). The Balaban J connectivity index is 2.47. The molecule has 0 aromatic heterocycles. The van der Waals surface area contributed by atoms with E-state index in [1.165, 1.54) is 0 Å². The van der Waals surface area contributed by atoms with E-state index < -0.39 is 9.84 Å². The number of nitrogens with zero attached hydrogens (tertiary/aromatic N) is 1. The van der Waals surface area contributed by atoms with Crippen molar-refractivity contribution in [2.24, 2.45) is 0 Å². The van der Waals surface area contributed by atoms with Crippen LogP contribution in [-0.2, 0) is 14.6 Å². The minimum Gasteiger partial charge on any atom is -0.300 e. The molecule has 1 fully saturated rings. The Hall–Kier alpha value is -0.0700. The van der Waals surface area contributed by atoms with Crippen molar-refractivity contribution >= 4 is 27.4 Å². The number of carbonyl (C=O) groups is 1. The molecule has 0 amide bonds. The molecule has 1 aliphatic heterocycles. The molecule has 1 saturated heterocycles. The zero-order valence-corrected chi connectivity index (χ0v) is 12.9. The fourth-order valence-electron chi connectivity index (χ4n) is 2.08. The van der Waals surface area contributed by atoms with Gasteiger partial charge < -0.3 is 4.79 Å². The zero-order chi connectivity index (χ0) is 13.6. The number of hydrogen-bond donors (Lipinski definition) is 0. The van der Waals surface area contributed by atoms with Crippen LogP contribution in [0.1, 0.15) is 33.1 Å². The molecule has 18 heavy (non-hydrogen) atoms. The average Bonchev–Trinajstić information content (AvgIpc) is 2.35. The highest BCUT2D eigenvalue weighted by Gasteiger charge is 2.32. The lowest BCUT2D eigenvalue weighted by Gasteiger charge is -2.34. The molecule has 0 spiro atoms. The van der Waals surface area contributed by atoms with Crippen LogP contribution in [0.25, 0.3) is 0 Å². The third kappa shape index (κ3) is 4.90. The van der Waals surface area contributed by atoms with Gasteiger partial charge in [0.15, 0.2) is 9.84 Å². The second kappa shape index (κ2) is 7.50. The predicted molar refractivity (Wildman–Crippen MR) is 76.7 cm³/mol. The van der Waals surface area contributed by atoms with E-state index in [9.17, 15) is 13.2 Å². The summed E-state index contributed by atoms with van der Waals surface area (Å²) in [5.74, 6) is 2.11. The van der Waals surface area contributed by atoms with Gasteiger partial charge in [-0.1, -0.05) is 6.92 Å². The summed E-state index contributed by atoms with van der Waals surface area (Å²) in [5, 5.41) is -0.321. The van der Waals surface area contributed by atoms with Crippen molar-refractivity contribution in [3.63, 3.8) is 0 Å². The van der Waals surface area contributed by atoms with Crippen LogP contribution in [0.15, 0.2) is 0 Å². The fourth-order valence-corrected chi connectivity index (χ4v) is 5.19. The quantitative estimate of drug-likeness (QED) is 0.667. The number of ketones is 1. The first-order valence-electron chi connectivity index (χ1n) is 6.50. The summed E-state index contributed by atoms with van der Waals surface area (Å²) < 4.78 is 24.0. The number of sulfone groups is 1. The molecule has 6 heteroatoms. The lowest BCUT2D eigenvalue weighted by molar-refractivity contribution is -0.117. The Morgan fingerprint density at radius 2 is 2.11 bits per heavy atom. The summed E-state index contributed by atoms with van der Waals surface area (Å²) in [6, 6.07) is 0. The molecule has 1 atom stereocenters. The van der Waals surface area contributed by atoms with Gasteiger partial charge in [-0.2, -0.15) is 11.8 Å². The monoisotopic (exact) mass is 293 g/mol. The molecule has 0 aromatic rings. The molecule has 1 aliphatic rings. The van der Waals surface area contributed by atoms with Crippen molar-refractivity contribution in [3.05, 3.63) is 0 Å². The van der Waals surface area contributed by atoms with Gasteiger partial charge in [0.2, 0.25) is 0 Å². The number of thioether (sulfide) groups is 1. The van der Waals surface area contributed by atoms with Gasteiger partial charge in [0, 0.05) is 30.2 Å². The Morgan fingerprint density at radius 3 is 2.72 bits per heavy atom. The second-order valence-corrected chi connectivity index (χ2v) is 8.27. The van der Waals surface area contributed by atoms with Gasteiger partial charge in [0.05, 0.1) is 0 Å². The maximum Gasteiger partial charge on any atom is 0.166 e. The summed E-state index contributed by atoms with van der Waals surface area (Å²) >= 11 is 1.72. The van der Waals surface area contributed by atoms with E-state index in [4.69, 9.17) is 0 Å². The summed E-state index contributed by atoms with van der Waals surface area (Å²) in [7, 11) is -2.99. The molecule has 0 radical (unpaired) electrons. The van der Waals surface area contributed by atoms with Crippen LogP contribution in [0.4, 0.5) is 0 Å². The van der Waals surface area contributed by atoms with E-state index in [-0.39, 0.29) is 16.9 Å². The summed E-state index contributed by atoms with van der Waals surface area (Å²) in [4.78, 5) is 12.9. The molecule has 0 saturated carbocycles. The van der Waals surface area contributed by atoms with Gasteiger partial charge in [0.25, 0.3) is 0 Å². The topological polar surface area (TPSA) is 54.5 Å². The van der Waals surface area contributed by atoms with Gasteiger partial charge in [-0.25, -0.2) is 8.42 Å². The maximum absolute atomic E-state index is 12.0. The minimum absolute atomic E-state index is 0.210. The van der Waals surface area contributed by atoms with E-state index in [0.717, 1.165) is 31.7 Å². The highest BCUT2D eigenvalue weighted by molar-refractivity contribution is 8.01. The number of unbranched alkanes of at least 4 members (excludes halogenated alkanes) is 1. The van der Waals surface area contributed by atoms with Gasteiger partial charge in [0.1, 0.15) is 11.2 Å². The van der Waals surface area contributed by atoms with Crippen LogP contribution in [0.5, 0.6) is 0 Å². The summed E-state index contributed by atoms with van der Waals surface area (Å²) in [5.41, 5.74) is 0. The highest BCUT2D eigenvalue weighted by Crippen LogP contribution is 2.21. The molecular weight excluding hydrogens is 270 g/mol. The third-order valence-corrected chi connectivity index (χ3v) is 6.56. The Labute approximate surface area is 114 Å². The molecule has 1 heterocycles. The molecule has 1 unspecified atom stereocenters. The number of rotatable bonds is 7. The first-order valence-corrected chi connectivity index (χ1v) is 9.37. The Kier molecular flexibility index (Phi) is 6.66. The number of Topliss-reactive ketones (excluding diaryl/α,β-unsaturated/α-hetero) is 1. The molecular formula is C12H23NO3S2. The lowest BCUT2D eigenvalue weighted by Crippen LogP contribution is -2.48. The zero-order valence-electron chi connectivity index (χ0n) is 11.2. The van der Waals surface area contributed by atoms with Crippen molar-refractivity contribution in [2.45, 2.75) is 38.5 Å². The number of carbonyl (C=O) groups excluding carboxylic acids is 1. The SMILES string of the molecule is CCS(=O)(=O)C1CSCCN1CCCCC(C)=O. The van der Waals surface area contributed by atoms with Crippen molar-refractivity contribution in [3.8, 4) is 0 Å². The second-order valence-electron chi connectivity index (χ2n) is 4.68.